The van der Waals surface area contributed by atoms with Crippen LogP contribution in [0.25, 0.3) is 11.4 Å². The molecule has 1 heterocycles. The fourth-order valence-electron chi connectivity index (χ4n) is 1.84. The number of likely N-dealkylation sites (N-methyl/N-ethyl adjacent to an activating group) is 1. The lowest BCUT2D eigenvalue weighted by Crippen LogP contribution is -2.23. The lowest BCUT2D eigenvalue weighted by atomic mass is 10.1. The minimum absolute atomic E-state index is 0.0473. The molecule has 0 aliphatic carbocycles. The van der Waals surface area contributed by atoms with Crippen molar-refractivity contribution in [3.05, 3.63) is 42.2 Å². The van der Waals surface area contributed by atoms with Crippen molar-refractivity contribution in [3.63, 3.8) is 0 Å². The standard InChI is InChI=1S/C13H12F3N3O/c1-17-11(20)8-19-7-6-18-12(19)9-4-2-3-5-10(9)13(14,15)16/h2-7H,8H2,1H3,(H,17,20). The van der Waals surface area contributed by atoms with Gasteiger partial charge >= 0.3 is 6.18 Å². The second-order valence-electron chi connectivity index (χ2n) is 4.10. The molecule has 7 heteroatoms. The Bertz CT molecular complexity index is 619. The number of amides is 1. The number of alkyl halides is 3. The fourth-order valence-corrected chi connectivity index (χ4v) is 1.84. The molecule has 0 radical (unpaired) electrons. The van der Waals surface area contributed by atoms with Gasteiger partial charge in [-0.15, -0.1) is 0 Å². The van der Waals surface area contributed by atoms with Gasteiger partial charge in [0.1, 0.15) is 12.4 Å². The summed E-state index contributed by atoms with van der Waals surface area (Å²) in [5.41, 5.74) is -0.821. The summed E-state index contributed by atoms with van der Waals surface area (Å²) in [6.45, 7) is -0.0853. The molecule has 0 fully saturated rings. The van der Waals surface area contributed by atoms with Crippen molar-refractivity contribution < 1.29 is 18.0 Å². The van der Waals surface area contributed by atoms with Gasteiger partial charge in [0.15, 0.2) is 0 Å². The smallest absolute Gasteiger partial charge is 0.358 e. The number of carbonyl (C=O) groups is 1. The van der Waals surface area contributed by atoms with Gasteiger partial charge in [0.25, 0.3) is 0 Å². The number of benzene rings is 1. The molecule has 2 aromatic rings. The van der Waals surface area contributed by atoms with Crippen LogP contribution in [0.2, 0.25) is 0 Å². The van der Waals surface area contributed by atoms with Crippen molar-refractivity contribution in [3.8, 4) is 11.4 Å². The van der Waals surface area contributed by atoms with Gasteiger partial charge in [-0.3, -0.25) is 4.79 Å². The molecule has 4 nitrogen and oxygen atoms in total. The lowest BCUT2D eigenvalue weighted by Gasteiger charge is -2.13. The van der Waals surface area contributed by atoms with E-state index >= 15 is 0 Å². The van der Waals surface area contributed by atoms with E-state index in [2.05, 4.69) is 10.3 Å². The molecule has 0 saturated carbocycles. The summed E-state index contributed by atoms with van der Waals surface area (Å²) in [5.74, 6) is -0.199. The molecule has 0 atom stereocenters. The first kappa shape index (κ1) is 14.1. The third kappa shape index (κ3) is 2.81. The van der Waals surface area contributed by atoms with Gasteiger partial charge in [-0.25, -0.2) is 4.98 Å². The third-order valence-electron chi connectivity index (χ3n) is 2.78. The van der Waals surface area contributed by atoms with Crippen LogP contribution in [-0.2, 0) is 17.5 Å². The molecular formula is C13H12F3N3O. The van der Waals surface area contributed by atoms with Crippen LogP contribution in [0.15, 0.2) is 36.7 Å². The summed E-state index contributed by atoms with van der Waals surface area (Å²) in [4.78, 5) is 15.3. The molecule has 0 bridgehead atoms. The number of carbonyl (C=O) groups excluding carboxylic acids is 1. The van der Waals surface area contributed by atoms with E-state index in [1.165, 1.54) is 42.2 Å². The third-order valence-corrected chi connectivity index (χ3v) is 2.78. The van der Waals surface area contributed by atoms with E-state index in [4.69, 9.17) is 0 Å². The number of rotatable bonds is 3. The summed E-state index contributed by atoms with van der Waals surface area (Å²) in [7, 11) is 1.46. The van der Waals surface area contributed by atoms with E-state index in [9.17, 15) is 18.0 Å². The predicted molar refractivity (Wildman–Crippen MR) is 66.7 cm³/mol. The Labute approximate surface area is 113 Å². The second-order valence-corrected chi connectivity index (χ2v) is 4.10. The number of imidazole rings is 1. The molecule has 1 aromatic heterocycles. The number of hydrogen-bond acceptors (Lipinski definition) is 2. The first-order chi connectivity index (χ1) is 9.43. The number of halogens is 3. The monoisotopic (exact) mass is 283 g/mol. The lowest BCUT2D eigenvalue weighted by molar-refractivity contribution is -0.137. The molecule has 106 valence electrons. The Morgan fingerprint density at radius 3 is 2.70 bits per heavy atom. The van der Waals surface area contributed by atoms with Crippen molar-refractivity contribution in [2.24, 2.45) is 0 Å². The van der Waals surface area contributed by atoms with Crippen LogP contribution >= 0.6 is 0 Å². The minimum atomic E-state index is -4.47. The van der Waals surface area contributed by atoms with E-state index in [1.54, 1.807) is 0 Å². The summed E-state index contributed by atoms with van der Waals surface area (Å²) >= 11 is 0. The average molecular weight is 283 g/mol. The van der Waals surface area contributed by atoms with Crippen molar-refractivity contribution in [2.45, 2.75) is 12.7 Å². The largest absolute Gasteiger partial charge is 0.417 e. The Kier molecular flexibility index (Phi) is 3.78. The maximum Gasteiger partial charge on any atom is 0.417 e. The Balaban J connectivity index is 2.48. The maximum absolute atomic E-state index is 13.0. The molecule has 1 N–H and O–H groups in total. The normalized spacial score (nSPS) is 11.4. The molecule has 0 aliphatic rings. The van der Waals surface area contributed by atoms with E-state index in [1.807, 2.05) is 0 Å². The van der Waals surface area contributed by atoms with E-state index in [0.717, 1.165) is 6.07 Å². The van der Waals surface area contributed by atoms with Gasteiger partial charge < -0.3 is 9.88 Å². The molecule has 1 amide bonds. The van der Waals surface area contributed by atoms with Crippen molar-refractivity contribution in [1.82, 2.24) is 14.9 Å². The Hall–Kier alpha value is -2.31. The average Bonchev–Trinajstić information content (AvgIpc) is 2.85. The summed E-state index contributed by atoms with van der Waals surface area (Å²) < 4.78 is 40.3. The van der Waals surface area contributed by atoms with E-state index in [0.29, 0.717) is 0 Å². The van der Waals surface area contributed by atoms with Gasteiger partial charge in [-0.2, -0.15) is 13.2 Å². The van der Waals surface area contributed by atoms with Crippen LogP contribution in [0.4, 0.5) is 13.2 Å². The quantitative estimate of drug-likeness (QED) is 0.939. The zero-order chi connectivity index (χ0) is 14.8. The van der Waals surface area contributed by atoms with Crippen molar-refractivity contribution in [1.29, 1.82) is 0 Å². The van der Waals surface area contributed by atoms with Crippen LogP contribution in [-0.4, -0.2) is 22.5 Å². The molecule has 0 spiro atoms. The van der Waals surface area contributed by atoms with Gasteiger partial charge in [0, 0.05) is 25.0 Å². The van der Waals surface area contributed by atoms with E-state index < -0.39 is 11.7 Å². The fraction of sp³-hybridized carbons (Fsp3) is 0.231. The van der Waals surface area contributed by atoms with Crippen LogP contribution in [0.1, 0.15) is 5.56 Å². The molecule has 2 rings (SSSR count). The van der Waals surface area contributed by atoms with Gasteiger partial charge in [-0.1, -0.05) is 18.2 Å². The van der Waals surface area contributed by atoms with Crippen LogP contribution in [0.3, 0.4) is 0 Å². The Morgan fingerprint density at radius 1 is 1.35 bits per heavy atom. The van der Waals surface area contributed by atoms with Gasteiger partial charge in [0.05, 0.1) is 5.56 Å². The zero-order valence-corrected chi connectivity index (χ0v) is 10.6. The highest BCUT2D eigenvalue weighted by Gasteiger charge is 2.34. The maximum atomic E-state index is 13.0. The molecule has 0 aliphatic heterocycles. The SMILES string of the molecule is CNC(=O)Cn1ccnc1-c1ccccc1C(F)(F)F. The molecule has 1 aromatic carbocycles. The first-order valence-electron chi connectivity index (χ1n) is 5.82. The number of nitrogens with one attached hydrogen (secondary N) is 1. The number of aromatic nitrogens is 2. The minimum Gasteiger partial charge on any atom is -0.358 e. The van der Waals surface area contributed by atoms with Gasteiger partial charge in [-0.05, 0) is 6.07 Å². The summed E-state index contributed by atoms with van der Waals surface area (Å²) in [5, 5.41) is 2.42. The highest BCUT2D eigenvalue weighted by molar-refractivity contribution is 5.76. The molecular weight excluding hydrogens is 271 g/mol. The van der Waals surface area contributed by atoms with Crippen LogP contribution in [0.5, 0.6) is 0 Å². The molecule has 20 heavy (non-hydrogen) atoms. The number of nitrogens with zero attached hydrogens (tertiary/aromatic N) is 2. The van der Waals surface area contributed by atoms with Gasteiger partial charge in [0.2, 0.25) is 5.91 Å². The summed E-state index contributed by atoms with van der Waals surface area (Å²) in [6, 6.07) is 5.15. The molecule has 0 unspecified atom stereocenters. The highest BCUT2D eigenvalue weighted by Crippen LogP contribution is 2.36. The topological polar surface area (TPSA) is 46.9 Å². The van der Waals surface area contributed by atoms with E-state index in [-0.39, 0.29) is 23.8 Å². The Morgan fingerprint density at radius 2 is 2.05 bits per heavy atom. The number of hydrogen-bond donors (Lipinski definition) is 1. The predicted octanol–water partition coefficient (Wildman–Crippen LogP) is 2.31. The highest BCUT2D eigenvalue weighted by atomic mass is 19.4. The van der Waals surface area contributed by atoms with Crippen LogP contribution in [0, 0.1) is 0 Å². The van der Waals surface area contributed by atoms with Crippen molar-refractivity contribution in [2.75, 3.05) is 7.05 Å². The zero-order valence-electron chi connectivity index (χ0n) is 10.6. The first-order valence-corrected chi connectivity index (χ1v) is 5.82. The van der Waals surface area contributed by atoms with Crippen LogP contribution < -0.4 is 5.32 Å². The van der Waals surface area contributed by atoms with Crippen molar-refractivity contribution >= 4 is 5.91 Å². The molecule has 0 saturated heterocycles. The second kappa shape index (κ2) is 5.36. The summed E-state index contributed by atoms with van der Waals surface area (Å²) in [6.07, 6.45) is -1.64.